The highest BCUT2D eigenvalue weighted by Crippen LogP contribution is 2.24. The fourth-order valence-corrected chi connectivity index (χ4v) is 1.97. The molecular weight excluding hydrogens is 294 g/mol. The second-order valence-electron chi connectivity index (χ2n) is 4.59. The van der Waals surface area contributed by atoms with Crippen LogP contribution in [0.25, 0.3) is 22.5 Å². The molecule has 3 heterocycles. The number of rotatable bonds is 1. The topological polar surface area (TPSA) is 95.2 Å². The molecule has 4 aromatic rings. The van der Waals surface area contributed by atoms with Gasteiger partial charge in [-0.1, -0.05) is 12.1 Å². The van der Waals surface area contributed by atoms with Crippen LogP contribution in [0.5, 0.6) is 0 Å². The summed E-state index contributed by atoms with van der Waals surface area (Å²) in [4.78, 5) is 19.4. The van der Waals surface area contributed by atoms with Crippen LogP contribution < -0.4 is 11.2 Å². The number of oxazole rings is 1. The number of benzene rings is 1. The summed E-state index contributed by atoms with van der Waals surface area (Å²) < 4.78 is 10.6. The SMILES string of the molecule is Nc1cccc2c(=O)cc(-c3cnco3)oc12.c1ccncc1. The highest BCUT2D eigenvalue weighted by Gasteiger charge is 2.10. The molecule has 114 valence electrons. The van der Waals surface area contributed by atoms with Gasteiger partial charge >= 0.3 is 0 Å². The summed E-state index contributed by atoms with van der Waals surface area (Å²) in [6.45, 7) is 0. The van der Waals surface area contributed by atoms with Gasteiger partial charge in [0.15, 0.2) is 28.9 Å². The molecule has 0 bridgehead atoms. The van der Waals surface area contributed by atoms with E-state index in [1.165, 1.54) is 18.7 Å². The maximum Gasteiger partial charge on any atom is 0.193 e. The van der Waals surface area contributed by atoms with E-state index in [1.54, 1.807) is 30.6 Å². The summed E-state index contributed by atoms with van der Waals surface area (Å²) in [5.41, 5.74) is 6.39. The van der Waals surface area contributed by atoms with Crippen LogP contribution in [0.15, 0.2) is 81.1 Å². The van der Waals surface area contributed by atoms with Gasteiger partial charge in [-0.05, 0) is 24.3 Å². The monoisotopic (exact) mass is 307 g/mol. The number of anilines is 1. The molecule has 4 rings (SSSR count). The van der Waals surface area contributed by atoms with Gasteiger partial charge in [-0.25, -0.2) is 4.98 Å². The summed E-state index contributed by atoms with van der Waals surface area (Å²) in [6, 6.07) is 12.1. The third-order valence-corrected chi connectivity index (χ3v) is 3.03. The van der Waals surface area contributed by atoms with Gasteiger partial charge in [-0.15, -0.1) is 0 Å². The van der Waals surface area contributed by atoms with Crippen LogP contribution >= 0.6 is 0 Å². The molecule has 0 aliphatic heterocycles. The van der Waals surface area contributed by atoms with E-state index < -0.39 is 0 Å². The Kier molecular flexibility index (Phi) is 4.15. The lowest BCUT2D eigenvalue weighted by Crippen LogP contribution is -2.01. The van der Waals surface area contributed by atoms with Crippen LogP contribution in [0, 0.1) is 0 Å². The molecule has 0 aliphatic rings. The molecule has 0 radical (unpaired) electrons. The van der Waals surface area contributed by atoms with Crippen LogP contribution in [0.2, 0.25) is 0 Å². The van der Waals surface area contributed by atoms with Gasteiger partial charge in [-0.2, -0.15) is 0 Å². The molecule has 0 fully saturated rings. The van der Waals surface area contributed by atoms with Crippen molar-refractivity contribution >= 4 is 16.7 Å². The molecule has 0 saturated heterocycles. The number of hydrogen-bond donors (Lipinski definition) is 1. The predicted molar refractivity (Wildman–Crippen MR) is 86.6 cm³/mol. The summed E-state index contributed by atoms with van der Waals surface area (Å²) in [7, 11) is 0. The molecule has 2 N–H and O–H groups in total. The fourth-order valence-electron chi connectivity index (χ4n) is 1.97. The lowest BCUT2D eigenvalue weighted by molar-refractivity contribution is 0.532. The number of para-hydroxylation sites is 1. The maximum absolute atomic E-state index is 11.9. The third-order valence-electron chi connectivity index (χ3n) is 3.03. The molecule has 0 saturated carbocycles. The van der Waals surface area contributed by atoms with Crippen molar-refractivity contribution in [3.05, 3.63) is 77.7 Å². The highest BCUT2D eigenvalue weighted by molar-refractivity contribution is 5.88. The zero-order valence-electron chi connectivity index (χ0n) is 12.0. The van der Waals surface area contributed by atoms with Gasteiger partial charge < -0.3 is 14.6 Å². The third kappa shape index (κ3) is 3.26. The Morgan fingerprint density at radius 2 is 1.78 bits per heavy atom. The van der Waals surface area contributed by atoms with Crippen molar-refractivity contribution in [2.45, 2.75) is 0 Å². The standard InChI is InChI=1S/C12H8N2O3.C5H5N/c13-8-3-1-2-7-9(15)4-10(17-12(7)8)11-5-14-6-16-11;1-2-4-6-5-3-1/h1-6H,13H2;1-5H. The van der Waals surface area contributed by atoms with E-state index in [9.17, 15) is 4.79 Å². The van der Waals surface area contributed by atoms with E-state index in [-0.39, 0.29) is 5.43 Å². The van der Waals surface area contributed by atoms with Gasteiger partial charge in [0.1, 0.15) is 0 Å². The first-order valence-electron chi connectivity index (χ1n) is 6.82. The molecule has 3 aromatic heterocycles. The van der Waals surface area contributed by atoms with Crippen LogP contribution in [0.3, 0.4) is 0 Å². The Labute approximate surface area is 131 Å². The molecule has 1 aromatic carbocycles. The molecule has 0 spiro atoms. The first-order valence-corrected chi connectivity index (χ1v) is 6.82. The largest absolute Gasteiger partial charge is 0.450 e. The molecule has 0 unspecified atom stereocenters. The Hall–Kier alpha value is -3.41. The van der Waals surface area contributed by atoms with Crippen molar-refractivity contribution in [3.63, 3.8) is 0 Å². The van der Waals surface area contributed by atoms with Crippen molar-refractivity contribution in [3.8, 4) is 11.5 Å². The van der Waals surface area contributed by atoms with E-state index in [0.717, 1.165) is 0 Å². The lowest BCUT2D eigenvalue weighted by Gasteiger charge is -2.02. The normalized spacial score (nSPS) is 10.1. The second-order valence-corrected chi connectivity index (χ2v) is 4.59. The number of nitrogens with two attached hydrogens (primary N) is 1. The van der Waals surface area contributed by atoms with Gasteiger partial charge in [0, 0.05) is 18.5 Å². The molecular formula is C17H13N3O3. The van der Waals surface area contributed by atoms with E-state index in [4.69, 9.17) is 14.6 Å². The predicted octanol–water partition coefficient (Wildman–Crippen LogP) is 3.11. The molecule has 6 nitrogen and oxygen atoms in total. The Morgan fingerprint density at radius 3 is 2.39 bits per heavy atom. The molecule has 0 atom stereocenters. The Bertz CT molecular complexity index is 921. The van der Waals surface area contributed by atoms with E-state index >= 15 is 0 Å². The fraction of sp³-hybridized carbons (Fsp3) is 0. The zero-order chi connectivity index (χ0) is 16.1. The van der Waals surface area contributed by atoms with E-state index in [1.807, 2.05) is 18.2 Å². The first kappa shape index (κ1) is 14.5. The molecule has 6 heteroatoms. The Balaban J connectivity index is 0.000000220. The van der Waals surface area contributed by atoms with Gasteiger partial charge in [0.05, 0.1) is 17.3 Å². The summed E-state index contributed by atoms with van der Waals surface area (Å²) in [6.07, 6.45) is 6.25. The van der Waals surface area contributed by atoms with Crippen LogP contribution in [0.4, 0.5) is 5.69 Å². The maximum atomic E-state index is 11.9. The van der Waals surface area contributed by atoms with Gasteiger partial charge in [-0.3, -0.25) is 9.78 Å². The molecule has 23 heavy (non-hydrogen) atoms. The lowest BCUT2D eigenvalue weighted by atomic mass is 10.2. The average Bonchev–Trinajstić information content (AvgIpc) is 3.12. The van der Waals surface area contributed by atoms with Crippen LogP contribution in [-0.2, 0) is 0 Å². The van der Waals surface area contributed by atoms with Crippen molar-refractivity contribution in [1.82, 2.24) is 9.97 Å². The van der Waals surface area contributed by atoms with Crippen LogP contribution in [0.1, 0.15) is 0 Å². The average molecular weight is 307 g/mol. The highest BCUT2D eigenvalue weighted by atomic mass is 16.4. The summed E-state index contributed by atoms with van der Waals surface area (Å²) >= 11 is 0. The first-order chi connectivity index (χ1) is 11.3. The minimum absolute atomic E-state index is 0.162. The minimum atomic E-state index is -0.162. The van der Waals surface area contributed by atoms with Crippen molar-refractivity contribution < 1.29 is 8.83 Å². The van der Waals surface area contributed by atoms with Gasteiger partial charge in [0.2, 0.25) is 0 Å². The quantitative estimate of drug-likeness (QED) is 0.543. The van der Waals surface area contributed by atoms with Crippen molar-refractivity contribution in [2.24, 2.45) is 0 Å². The summed E-state index contributed by atoms with van der Waals surface area (Å²) in [5, 5.41) is 0.452. The molecule has 0 aliphatic carbocycles. The number of aromatic nitrogens is 2. The molecule has 0 amide bonds. The van der Waals surface area contributed by atoms with Crippen molar-refractivity contribution in [2.75, 3.05) is 5.73 Å². The number of nitrogen functional groups attached to an aromatic ring is 1. The zero-order valence-corrected chi connectivity index (χ0v) is 12.0. The number of nitrogens with zero attached hydrogens (tertiary/aromatic N) is 2. The smallest absolute Gasteiger partial charge is 0.193 e. The van der Waals surface area contributed by atoms with E-state index in [0.29, 0.717) is 28.2 Å². The van der Waals surface area contributed by atoms with Crippen LogP contribution in [-0.4, -0.2) is 9.97 Å². The number of fused-ring (bicyclic) bond motifs is 1. The summed E-state index contributed by atoms with van der Waals surface area (Å²) in [5.74, 6) is 0.713. The Morgan fingerprint density at radius 1 is 0.957 bits per heavy atom. The van der Waals surface area contributed by atoms with Gasteiger partial charge in [0.25, 0.3) is 0 Å². The van der Waals surface area contributed by atoms with Crippen molar-refractivity contribution in [1.29, 1.82) is 0 Å². The number of hydrogen-bond acceptors (Lipinski definition) is 6. The second kappa shape index (κ2) is 6.57. The van der Waals surface area contributed by atoms with E-state index in [2.05, 4.69) is 9.97 Å². The number of pyridine rings is 1. The minimum Gasteiger partial charge on any atom is -0.450 e.